The van der Waals surface area contributed by atoms with Crippen molar-refractivity contribution >= 4 is 5.91 Å². The predicted octanol–water partition coefficient (Wildman–Crippen LogP) is 2.30. The molecular formula is C17H20FN3O3. The van der Waals surface area contributed by atoms with Crippen LogP contribution in [-0.2, 0) is 22.5 Å². The Morgan fingerprint density at radius 1 is 1.46 bits per heavy atom. The first kappa shape index (κ1) is 16.6. The summed E-state index contributed by atoms with van der Waals surface area (Å²) in [7, 11) is 1.62. The number of hydrogen-bond donors (Lipinski definition) is 0. The number of halogens is 1. The highest BCUT2D eigenvalue weighted by Crippen LogP contribution is 2.27. The van der Waals surface area contributed by atoms with E-state index in [1.807, 2.05) is 6.07 Å². The number of rotatable bonds is 6. The second-order valence-electron chi connectivity index (χ2n) is 5.93. The van der Waals surface area contributed by atoms with Gasteiger partial charge in [-0.05, 0) is 24.1 Å². The van der Waals surface area contributed by atoms with Crippen molar-refractivity contribution in [3.05, 3.63) is 47.4 Å². The minimum Gasteiger partial charge on any atom is -0.384 e. The van der Waals surface area contributed by atoms with Gasteiger partial charge in [-0.25, -0.2) is 4.39 Å². The van der Waals surface area contributed by atoms with Gasteiger partial charge in [-0.15, -0.1) is 0 Å². The molecule has 1 atom stereocenters. The molecule has 1 aliphatic rings. The zero-order chi connectivity index (χ0) is 16.9. The standard InChI is InChI=1S/C17H20FN3O3/c1-23-8-7-15-19-17(24-20-15)13-5-6-16(22)21(11-13)10-12-3-2-4-14(18)9-12/h2-4,9,13H,5-8,10-11H2,1H3/t13-/m1/s1. The monoisotopic (exact) mass is 333 g/mol. The van der Waals surface area contributed by atoms with Gasteiger partial charge >= 0.3 is 0 Å². The summed E-state index contributed by atoms with van der Waals surface area (Å²) in [5.74, 6) is 0.946. The fourth-order valence-corrected chi connectivity index (χ4v) is 2.85. The highest BCUT2D eigenvalue weighted by atomic mass is 19.1. The lowest BCUT2D eigenvalue weighted by atomic mass is 9.97. The second-order valence-corrected chi connectivity index (χ2v) is 5.93. The maximum Gasteiger partial charge on any atom is 0.231 e. The van der Waals surface area contributed by atoms with Crippen LogP contribution in [0, 0.1) is 5.82 Å². The number of carbonyl (C=O) groups excluding carboxylic acids is 1. The Morgan fingerprint density at radius 2 is 2.33 bits per heavy atom. The molecule has 24 heavy (non-hydrogen) atoms. The van der Waals surface area contributed by atoms with Crippen LogP contribution in [-0.4, -0.2) is 41.2 Å². The number of piperidine rings is 1. The molecule has 0 aliphatic carbocycles. The van der Waals surface area contributed by atoms with Crippen molar-refractivity contribution in [2.24, 2.45) is 0 Å². The van der Waals surface area contributed by atoms with Crippen LogP contribution in [0.25, 0.3) is 0 Å². The molecule has 2 aromatic rings. The lowest BCUT2D eigenvalue weighted by Gasteiger charge is -2.31. The second kappa shape index (κ2) is 7.53. The van der Waals surface area contributed by atoms with Crippen LogP contribution in [0.4, 0.5) is 4.39 Å². The molecule has 6 nitrogen and oxygen atoms in total. The van der Waals surface area contributed by atoms with Crippen molar-refractivity contribution in [1.82, 2.24) is 15.0 Å². The van der Waals surface area contributed by atoms with Gasteiger partial charge in [-0.1, -0.05) is 17.3 Å². The molecule has 1 amide bonds. The van der Waals surface area contributed by atoms with Crippen molar-refractivity contribution < 1.29 is 18.4 Å². The van der Waals surface area contributed by atoms with Gasteiger partial charge in [0.1, 0.15) is 5.82 Å². The van der Waals surface area contributed by atoms with E-state index in [4.69, 9.17) is 9.26 Å². The van der Waals surface area contributed by atoms with E-state index in [1.54, 1.807) is 18.1 Å². The van der Waals surface area contributed by atoms with E-state index in [0.29, 0.717) is 50.7 Å². The lowest BCUT2D eigenvalue weighted by molar-refractivity contribution is -0.134. The molecule has 0 N–H and O–H groups in total. The van der Waals surface area contributed by atoms with Crippen molar-refractivity contribution in [2.75, 3.05) is 20.3 Å². The van der Waals surface area contributed by atoms with Crippen LogP contribution in [0.15, 0.2) is 28.8 Å². The van der Waals surface area contributed by atoms with Gasteiger partial charge in [-0.2, -0.15) is 4.98 Å². The molecule has 1 aliphatic heterocycles. The minimum absolute atomic E-state index is 0.0139. The van der Waals surface area contributed by atoms with Crippen LogP contribution in [0.3, 0.4) is 0 Å². The van der Waals surface area contributed by atoms with E-state index in [9.17, 15) is 9.18 Å². The van der Waals surface area contributed by atoms with E-state index in [1.165, 1.54) is 12.1 Å². The molecule has 0 bridgehead atoms. The first-order valence-corrected chi connectivity index (χ1v) is 7.99. The lowest BCUT2D eigenvalue weighted by Crippen LogP contribution is -2.38. The van der Waals surface area contributed by atoms with E-state index in [-0.39, 0.29) is 17.6 Å². The maximum absolute atomic E-state index is 13.3. The van der Waals surface area contributed by atoms with Crippen LogP contribution in [0.2, 0.25) is 0 Å². The molecule has 128 valence electrons. The van der Waals surface area contributed by atoms with E-state index in [0.717, 1.165) is 5.56 Å². The summed E-state index contributed by atoms with van der Waals surface area (Å²) in [4.78, 5) is 18.3. The number of likely N-dealkylation sites (tertiary alicyclic amines) is 1. The molecule has 7 heteroatoms. The van der Waals surface area contributed by atoms with Crippen LogP contribution >= 0.6 is 0 Å². The fraction of sp³-hybridized carbons (Fsp3) is 0.471. The molecule has 1 aromatic carbocycles. The first-order valence-electron chi connectivity index (χ1n) is 7.99. The zero-order valence-corrected chi connectivity index (χ0v) is 13.6. The van der Waals surface area contributed by atoms with Crippen LogP contribution in [0.5, 0.6) is 0 Å². The summed E-state index contributed by atoms with van der Waals surface area (Å²) in [5, 5.41) is 3.95. The molecule has 1 saturated heterocycles. The Morgan fingerprint density at radius 3 is 3.12 bits per heavy atom. The molecule has 2 heterocycles. The number of ether oxygens (including phenoxy) is 1. The van der Waals surface area contributed by atoms with Gasteiger partial charge in [0.15, 0.2) is 5.82 Å². The molecule has 0 radical (unpaired) electrons. The third kappa shape index (κ3) is 3.97. The molecular weight excluding hydrogens is 313 g/mol. The molecule has 1 aromatic heterocycles. The summed E-state index contributed by atoms with van der Waals surface area (Å²) in [6.45, 7) is 1.42. The van der Waals surface area contributed by atoms with Gasteiger partial charge in [0.25, 0.3) is 0 Å². The Bertz CT molecular complexity index is 704. The van der Waals surface area contributed by atoms with Crippen LogP contribution in [0.1, 0.15) is 36.0 Å². The van der Waals surface area contributed by atoms with Crippen LogP contribution < -0.4 is 0 Å². The number of aromatic nitrogens is 2. The van der Waals surface area contributed by atoms with E-state index < -0.39 is 0 Å². The average Bonchev–Trinajstić information content (AvgIpc) is 3.04. The third-order valence-corrected chi connectivity index (χ3v) is 4.13. The SMILES string of the molecule is COCCc1noc([C@@H]2CCC(=O)N(Cc3cccc(F)c3)C2)n1. The molecule has 0 unspecified atom stereocenters. The Labute approximate surface area is 139 Å². The van der Waals surface area contributed by atoms with E-state index >= 15 is 0 Å². The summed E-state index contributed by atoms with van der Waals surface area (Å²) in [6, 6.07) is 6.31. The zero-order valence-electron chi connectivity index (χ0n) is 13.6. The third-order valence-electron chi connectivity index (χ3n) is 4.13. The smallest absolute Gasteiger partial charge is 0.231 e. The number of methoxy groups -OCH3 is 1. The number of hydrogen-bond acceptors (Lipinski definition) is 5. The Balaban J connectivity index is 1.66. The molecule has 0 saturated carbocycles. The summed E-state index contributed by atoms with van der Waals surface area (Å²) >= 11 is 0. The predicted molar refractivity (Wildman–Crippen MR) is 83.7 cm³/mol. The summed E-state index contributed by atoms with van der Waals surface area (Å²) < 4.78 is 23.7. The van der Waals surface area contributed by atoms with Crippen molar-refractivity contribution in [3.63, 3.8) is 0 Å². The molecule has 3 rings (SSSR count). The number of nitrogens with zero attached hydrogens (tertiary/aromatic N) is 3. The highest BCUT2D eigenvalue weighted by Gasteiger charge is 2.30. The maximum atomic E-state index is 13.3. The van der Waals surface area contributed by atoms with Gasteiger partial charge in [-0.3, -0.25) is 4.79 Å². The molecule has 1 fully saturated rings. The Kier molecular flexibility index (Phi) is 5.20. The minimum atomic E-state index is -0.298. The van der Waals surface area contributed by atoms with Gasteiger partial charge in [0.2, 0.25) is 11.8 Å². The number of carbonyl (C=O) groups is 1. The summed E-state index contributed by atoms with van der Waals surface area (Å²) in [5.41, 5.74) is 0.773. The van der Waals surface area contributed by atoms with Gasteiger partial charge < -0.3 is 14.2 Å². The van der Waals surface area contributed by atoms with Gasteiger partial charge in [0, 0.05) is 33.0 Å². The van der Waals surface area contributed by atoms with Gasteiger partial charge in [0.05, 0.1) is 12.5 Å². The highest BCUT2D eigenvalue weighted by molar-refractivity contribution is 5.77. The van der Waals surface area contributed by atoms with Crippen molar-refractivity contribution in [1.29, 1.82) is 0 Å². The largest absolute Gasteiger partial charge is 0.384 e. The average molecular weight is 333 g/mol. The van der Waals surface area contributed by atoms with E-state index in [2.05, 4.69) is 10.1 Å². The quantitative estimate of drug-likeness (QED) is 0.811. The molecule has 0 spiro atoms. The normalized spacial score (nSPS) is 18.2. The summed E-state index contributed by atoms with van der Waals surface area (Å²) in [6.07, 6.45) is 1.71. The fourth-order valence-electron chi connectivity index (χ4n) is 2.85. The number of benzene rings is 1. The van der Waals surface area contributed by atoms with Crippen molar-refractivity contribution in [2.45, 2.75) is 31.7 Å². The first-order chi connectivity index (χ1) is 11.7. The topological polar surface area (TPSA) is 68.5 Å². The van der Waals surface area contributed by atoms with Crippen molar-refractivity contribution in [3.8, 4) is 0 Å². The Hall–Kier alpha value is -2.28. The number of amides is 1.